The van der Waals surface area contributed by atoms with Crippen LogP contribution in [0.2, 0.25) is 0 Å². The van der Waals surface area contributed by atoms with Crippen LogP contribution in [0, 0.1) is 0 Å². The molecule has 0 unspecified atom stereocenters. The predicted octanol–water partition coefficient (Wildman–Crippen LogP) is 2.07. The Bertz CT molecular complexity index is 208. The summed E-state index contributed by atoms with van der Waals surface area (Å²) in [6, 6.07) is 0. The highest BCUT2D eigenvalue weighted by Crippen LogP contribution is 2.13. The number of rotatable bonds is 2. The largest absolute Gasteiger partial charge is 0.465 e. The zero-order valence-electron chi connectivity index (χ0n) is 7.52. The van der Waals surface area contributed by atoms with Crippen LogP contribution in [0.25, 0.3) is 0 Å². The first-order valence-corrected chi connectivity index (χ1v) is 3.42. The molecule has 0 amide bonds. The number of allylic oxidation sites excluding steroid dienone is 1. The molecular weight excluding hydrogens is 140 g/mol. The highest BCUT2D eigenvalue weighted by Gasteiger charge is 2.10. The fourth-order valence-electron chi connectivity index (χ4n) is 0.907. The van der Waals surface area contributed by atoms with Gasteiger partial charge in [0.25, 0.3) is 0 Å². The van der Waals surface area contributed by atoms with Gasteiger partial charge in [0.05, 0.1) is 12.7 Å². The molecule has 11 heavy (non-hydrogen) atoms. The Morgan fingerprint density at radius 3 is 1.82 bits per heavy atom. The lowest BCUT2D eigenvalue weighted by Gasteiger charge is -2.05. The van der Waals surface area contributed by atoms with Crippen molar-refractivity contribution in [2.24, 2.45) is 0 Å². The number of hydrogen-bond acceptors (Lipinski definition) is 2. The van der Waals surface area contributed by atoms with Crippen molar-refractivity contribution in [2.75, 3.05) is 7.11 Å². The van der Waals surface area contributed by atoms with Crippen molar-refractivity contribution in [2.45, 2.75) is 20.8 Å². The summed E-state index contributed by atoms with van der Waals surface area (Å²) < 4.78 is 4.58. The molecule has 2 heteroatoms. The summed E-state index contributed by atoms with van der Waals surface area (Å²) in [5, 5.41) is 0. The van der Waals surface area contributed by atoms with Crippen molar-refractivity contribution in [3.8, 4) is 0 Å². The van der Waals surface area contributed by atoms with E-state index in [1.54, 1.807) is 6.92 Å². The molecular formula is C9H14O2. The quantitative estimate of drug-likeness (QED) is 0.346. The third-order valence-electron chi connectivity index (χ3n) is 1.32. The average Bonchev–Trinajstić information content (AvgIpc) is 1.85. The van der Waals surface area contributed by atoms with Gasteiger partial charge in [-0.1, -0.05) is 12.2 Å². The second kappa shape index (κ2) is 3.96. The maximum absolute atomic E-state index is 11.1. The van der Waals surface area contributed by atoms with E-state index in [4.69, 9.17) is 0 Å². The molecule has 0 saturated heterocycles. The van der Waals surface area contributed by atoms with E-state index in [1.807, 2.05) is 13.8 Å². The topological polar surface area (TPSA) is 26.3 Å². The monoisotopic (exact) mass is 154 g/mol. The van der Waals surface area contributed by atoms with E-state index in [2.05, 4.69) is 11.3 Å². The van der Waals surface area contributed by atoms with Gasteiger partial charge < -0.3 is 4.74 Å². The van der Waals surface area contributed by atoms with E-state index in [-0.39, 0.29) is 5.97 Å². The summed E-state index contributed by atoms with van der Waals surface area (Å²) >= 11 is 0. The summed E-state index contributed by atoms with van der Waals surface area (Å²) in [6.45, 7) is 9.20. The third-order valence-corrected chi connectivity index (χ3v) is 1.32. The number of carbonyl (C=O) groups excluding carboxylic acids is 1. The lowest BCUT2D eigenvalue weighted by molar-refractivity contribution is -0.135. The van der Waals surface area contributed by atoms with E-state index in [0.29, 0.717) is 5.57 Å². The van der Waals surface area contributed by atoms with Gasteiger partial charge in [0.2, 0.25) is 0 Å². The molecule has 0 rings (SSSR count). The molecule has 2 nitrogen and oxygen atoms in total. The fraction of sp³-hybridized carbons (Fsp3) is 0.444. The highest BCUT2D eigenvalue weighted by molar-refractivity contribution is 5.93. The number of methoxy groups -OCH3 is 1. The number of hydrogen-bond donors (Lipinski definition) is 0. The Balaban J connectivity index is 4.79. The Labute approximate surface area is 67.6 Å². The molecule has 0 spiro atoms. The molecule has 0 aromatic rings. The molecule has 0 saturated carbocycles. The van der Waals surface area contributed by atoms with Crippen LogP contribution in [0.4, 0.5) is 0 Å². The van der Waals surface area contributed by atoms with Gasteiger partial charge in [-0.25, -0.2) is 4.79 Å². The maximum Gasteiger partial charge on any atom is 0.338 e. The lowest BCUT2D eigenvalue weighted by Crippen LogP contribution is -2.06. The zero-order chi connectivity index (χ0) is 9.02. The van der Waals surface area contributed by atoms with Crippen LogP contribution in [-0.4, -0.2) is 13.1 Å². The Hall–Kier alpha value is -1.05. The third kappa shape index (κ3) is 2.58. The van der Waals surface area contributed by atoms with E-state index in [9.17, 15) is 4.79 Å². The normalized spacial score (nSPS) is 8.73. The van der Waals surface area contributed by atoms with Crippen LogP contribution in [0.5, 0.6) is 0 Å². The Morgan fingerprint density at radius 1 is 1.27 bits per heavy atom. The van der Waals surface area contributed by atoms with Crippen LogP contribution < -0.4 is 0 Å². The van der Waals surface area contributed by atoms with E-state index in [1.165, 1.54) is 7.11 Å². The van der Waals surface area contributed by atoms with Gasteiger partial charge >= 0.3 is 5.97 Å². The van der Waals surface area contributed by atoms with Crippen molar-refractivity contribution in [1.82, 2.24) is 0 Å². The minimum Gasteiger partial charge on any atom is -0.465 e. The minimum atomic E-state index is -0.308. The van der Waals surface area contributed by atoms with Crippen molar-refractivity contribution >= 4 is 5.97 Å². The zero-order valence-corrected chi connectivity index (χ0v) is 7.52. The van der Waals surface area contributed by atoms with Crippen molar-refractivity contribution in [3.05, 3.63) is 23.3 Å². The molecule has 0 bridgehead atoms. The van der Waals surface area contributed by atoms with E-state index >= 15 is 0 Å². The summed E-state index contributed by atoms with van der Waals surface area (Å²) in [6.07, 6.45) is 0. The summed E-state index contributed by atoms with van der Waals surface area (Å²) in [7, 11) is 1.37. The number of esters is 1. The molecule has 0 atom stereocenters. The van der Waals surface area contributed by atoms with Crippen LogP contribution in [-0.2, 0) is 9.53 Å². The van der Waals surface area contributed by atoms with Crippen molar-refractivity contribution in [1.29, 1.82) is 0 Å². The molecule has 0 aliphatic rings. The van der Waals surface area contributed by atoms with E-state index < -0.39 is 0 Å². The molecule has 0 fully saturated rings. The van der Waals surface area contributed by atoms with Gasteiger partial charge in [-0.15, -0.1) is 0 Å². The van der Waals surface area contributed by atoms with Crippen LogP contribution in [0.15, 0.2) is 23.3 Å². The molecule has 62 valence electrons. The molecule has 0 N–H and O–H groups in total. The SMILES string of the molecule is C=C(C)C(C(=O)OC)=C(C)C. The van der Waals surface area contributed by atoms with Gasteiger partial charge in [0.15, 0.2) is 0 Å². The average molecular weight is 154 g/mol. The van der Waals surface area contributed by atoms with Crippen LogP contribution >= 0.6 is 0 Å². The number of carbonyl (C=O) groups is 1. The molecule has 0 aromatic carbocycles. The molecule has 0 heterocycles. The standard InChI is InChI=1S/C9H14O2/c1-6(2)8(7(3)4)9(10)11-5/h1H2,2-5H3. The summed E-state index contributed by atoms with van der Waals surface area (Å²) in [4.78, 5) is 11.1. The van der Waals surface area contributed by atoms with Crippen LogP contribution in [0.1, 0.15) is 20.8 Å². The predicted molar refractivity (Wildman–Crippen MR) is 45.2 cm³/mol. The van der Waals surface area contributed by atoms with Gasteiger partial charge in [-0.05, 0) is 26.3 Å². The van der Waals surface area contributed by atoms with Gasteiger partial charge in [0, 0.05) is 0 Å². The summed E-state index contributed by atoms with van der Waals surface area (Å²) in [5.74, 6) is -0.308. The molecule has 0 aromatic heterocycles. The lowest BCUT2D eigenvalue weighted by atomic mass is 10.1. The summed E-state index contributed by atoms with van der Waals surface area (Å²) in [5.41, 5.74) is 2.27. The molecule has 0 aliphatic carbocycles. The van der Waals surface area contributed by atoms with Gasteiger partial charge in [-0.2, -0.15) is 0 Å². The second-order valence-corrected chi connectivity index (χ2v) is 2.65. The highest BCUT2D eigenvalue weighted by atomic mass is 16.5. The van der Waals surface area contributed by atoms with Gasteiger partial charge in [-0.3, -0.25) is 0 Å². The molecule has 0 aliphatic heterocycles. The Kier molecular flexibility index (Phi) is 3.58. The van der Waals surface area contributed by atoms with Crippen molar-refractivity contribution < 1.29 is 9.53 Å². The maximum atomic E-state index is 11.1. The second-order valence-electron chi connectivity index (χ2n) is 2.65. The molecule has 0 radical (unpaired) electrons. The first kappa shape index (κ1) is 9.95. The van der Waals surface area contributed by atoms with Crippen LogP contribution in [0.3, 0.4) is 0 Å². The first-order chi connectivity index (χ1) is 5.00. The van der Waals surface area contributed by atoms with Gasteiger partial charge in [0.1, 0.15) is 0 Å². The number of ether oxygens (including phenoxy) is 1. The van der Waals surface area contributed by atoms with Crippen molar-refractivity contribution in [3.63, 3.8) is 0 Å². The Morgan fingerprint density at radius 2 is 1.73 bits per heavy atom. The fourth-order valence-corrected chi connectivity index (χ4v) is 0.907. The van der Waals surface area contributed by atoms with E-state index in [0.717, 1.165) is 11.1 Å². The first-order valence-electron chi connectivity index (χ1n) is 3.42. The smallest absolute Gasteiger partial charge is 0.338 e. The minimum absolute atomic E-state index is 0.308.